The van der Waals surface area contributed by atoms with Gasteiger partial charge in [0.1, 0.15) is 0 Å². The maximum atomic E-state index is 5.82. The zero-order chi connectivity index (χ0) is 10.1. The molecule has 2 nitrogen and oxygen atoms in total. The largest absolute Gasteiger partial charge is 0.329 e. The Morgan fingerprint density at radius 3 is 2.93 bits per heavy atom. The Hall–Kier alpha value is -0.860. The molecule has 1 aromatic rings. The quantitative estimate of drug-likeness (QED) is 0.771. The Bertz CT molecular complexity index is 333. The molecule has 0 amide bonds. The fourth-order valence-electron chi connectivity index (χ4n) is 2.30. The van der Waals surface area contributed by atoms with Crippen LogP contribution in [0.4, 0.5) is 0 Å². The lowest BCUT2D eigenvalue weighted by Crippen LogP contribution is -2.27. The Morgan fingerprint density at radius 1 is 1.50 bits per heavy atom. The van der Waals surface area contributed by atoms with Crippen LogP contribution in [0.3, 0.4) is 0 Å². The number of likely N-dealkylation sites (N-methyl/N-ethyl adjacent to an activating group) is 1. The highest BCUT2D eigenvalue weighted by Gasteiger charge is 2.27. The third kappa shape index (κ3) is 1.45. The molecule has 1 aromatic carbocycles. The molecule has 0 aliphatic carbocycles. The third-order valence-electron chi connectivity index (χ3n) is 3.10. The first-order chi connectivity index (χ1) is 6.76. The van der Waals surface area contributed by atoms with E-state index in [0.29, 0.717) is 6.04 Å². The van der Waals surface area contributed by atoms with Gasteiger partial charge in [0.05, 0.1) is 0 Å². The molecule has 1 aliphatic heterocycles. The lowest BCUT2D eigenvalue weighted by atomic mass is 10.0. The van der Waals surface area contributed by atoms with Gasteiger partial charge in [-0.2, -0.15) is 0 Å². The molecule has 1 atom stereocenters. The van der Waals surface area contributed by atoms with Crippen LogP contribution < -0.4 is 5.73 Å². The van der Waals surface area contributed by atoms with Crippen molar-refractivity contribution in [3.63, 3.8) is 0 Å². The van der Waals surface area contributed by atoms with Crippen molar-refractivity contribution in [1.29, 1.82) is 0 Å². The summed E-state index contributed by atoms with van der Waals surface area (Å²) in [6, 6.07) is 7.15. The van der Waals surface area contributed by atoms with Gasteiger partial charge in [-0.15, -0.1) is 0 Å². The van der Waals surface area contributed by atoms with Gasteiger partial charge in [-0.25, -0.2) is 0 Å². The molecule has 1 heterocycles. The van der Waals surface area contributed by atoms with Crippen molar-refractivity contribution in [2.24, 2.45) is 5.73 Å². The lowest BCUT2D eigenvalue weighted by Gasteiger charge is -2.21. The summed E-state index contributed by atoms with van der Waals surface area (Å²) >= 11 is 0. The summed E-state index contributed by atoms with van der Waals surface area (Å²) in [5.74, 6) is 0. The third-order valence-corrected chi connectivity index (χ3v) is 3.10. The second-order valence-electron chi connectivity index (χ2n) is 4.02. The molecule has 0 radical (unpaired) electrons. The molecule has 0 saturated carbocycles. The van der Waals surface area contributed by atoms with Crippen LogP contribution in [0.25, 0.3) is 0 Å². The number of benzene rings is 1. The summed E-state index contributed by atoms with van der Waals surface area (Å²) in [7, 11) is 0. The Labute approximate surface area is 85.7 Å². The van der Waals surface area contributed by atoms with E-state index in [-0.39, 0.29) is 0 Å². The van der Waals surface area contributed by atoms with Crippen LogP contribution in [-0.2, 0) is 6.54 Å². The summed E-state index contributed by atoms with van der Waals surface area (Å²) < 4.78 is 0. The summed E-state index contributed by atoms with van der Waals surface area (Å²) in [4.78, 5) is 2.43. The fraction of sp³-hybridized carbons (Fsp3) is 0.500. The van der Waals surface area contributed by atoms with Gasteiger partial charge < -0.3 is 5.73 Å². The van der Waals surface area contributed by atoms with Crippen molar-refractivity contribution < 1.29 is 0 Å². The number of rotatable bonds is 2. The molecular weight excluding hydrogens is 172 g/mol. The average molecular weight is 190 g/mol. The minimum Gasteiger partial charge on any atom is -0.329 e. The molecule has 0 bridgehead atoms. The molecule has 0 spiro atoms. The van der Waals surface area contributed by atoms with Crippen LogP contribution in [0.1, 0.15) is 29.7 Å². The van der Waals surface area contributed by atoms with Crippen molar-refractivity contribution in [2.75, 3.05) is 13.1 Å². The lowest BCUT2D eigenvalue weighted by molar-refractivity contribution is 0.232. The van der Waals surface area contributed by atoms with E-state index in [2.05, 4.69) is 36.9 Å². The van der Waals surface area contributed by atoms with E-state index < -0.39 is 0 Å². The van der Waals surface area contributed by atoms with Gasteiger partial charge >= 0.3 is 0 Å². The van der Waals surface area contributed by atoms with Crippen LogP contribution in [0.2, 0.25) is 0 Å². The highest BCUT2D eigenvalue weighted by atomic mass is 15.2. The summed E-state index contributed by atoms with van der Waals surface area (Å²) in [6.45, 7) is 7.21. The summed E-state index contributed by atoms with van der Waals surface area (Å²) in [5, 5.41) is 0. The smallest absolute Gasteiger partial charge is 0.0477 e. The zero-order valence-corrected chi connectivity index (χ0v) is 8.96. The second kappa shape index (κ2) is 3.71. The first kappa shape index (κ1) is 9.69. The van der Waals surface area contributed by atoms with E-state index in [4.69, 9.17) is 5.73 Å². The number of nitrogens with zero attached hydrogens (tertiary/aromatic N) is 1. The topological polar surface area (TPSA) is 29.3 Å². The van der Waals surface area contributed by atoms with E-state index in [9.17, 15) is 0 Å². The molecular formula is C12H18N2. The first-order valence-corrected chi connectivity index (χ1v) is 5.29. The van der Waals surface area contributed by atoms with Crippen molar-refractivity contribution in [1.82, 2.24) is 4.90 Å². The molecule has 1 unspecified atom stereocenters. The first-order valence-electron chi connectivity index (χ1n) is 5.29. The highest BCUT2D eigenvalue weighted by molar-refractivity contribution is 5.37. The van der Waals surface area contributed by atoms with E-state index in [0.717, 1.165) is 19.6 Å². The van der Waals surface area contributed by atoms with E-state index in [1.165, 1.54) is 16.7 Å². The molecule has 0 aromatic heterocycles. The maximum absolute atomic E-state index is 5.82. The van der Waals surface area contributed by atoms with Crippen LogP contribution in [0, 0.1) is 6.92 Å². The summed E-state index contributed by atoms with van der Waals surface area (Å²) in [6.07, 6.45) is 0. The molecule has 14 heavy (non-hydrogen) atoms. The van der Waals surface area contributed by atoms with Crippen molar-refractivity contribution >= 4 is 0 Å². The standard InChI is InChI=1S/C12H18N2/c1-3-14-8-10-5-4-9(2)6-11(10)12(14)7-13/h4-6,12H,3,7-8,13H2,1-2H3. The van der Waals surface area contributed by atoms with Crippen LogP contribution in [-0.4, -0.2) is 18.0 Å². The fourth-order valence-corrected chi connectivity index (χ4v) is 2.30. The molecule has 2 rings (SSSR count). The van der Waals surface area contributed by atoms with Gasteiger partial charge in [-0.05, 0) is 24.6 Å². The van der Waals surface area contributed by atoms with E-state index in [1.807, 2.05) is 0 Å². The maximum Gasteiger partial charge on any atom is 0.0477 e. The SMILES string of the molecule is CCN1Cc2ccc(C)cc2C1CN. The van der Waals surface area contributed by atoms with E-state index in [1.54, 1.807) is 0 Å². The van der Waals surface area contributed by atoms with Gasteiger partial charge in [-0.1, -0.05) is 30.7 Å². The number of nitrogens with two attached hydrogens (primary N) is 1. The van der Waals surface area contributed by atoms with Gasteiger partial charge in [0.2, 0.25) is 0 Å². The van der Waals surface area contributed by atoms with Crippen LogP contribution in [0.15, 0.2) is 18.2 Å². The highest BCUT2D eigenvalue weighted by Crippen LogP contribution is 2.32. The van der Waals surface area contributed by atoms with Gasteiger partial charge in [0.25, 0.3) is 0 Å². The minimum atomic E-state index is 0.440. The van der Waals surface area contributed by atoms with E-state index >= 15 is 0 Å². The minimum absolute atomic E-state index is 0.440. The number of hydrogen-bond donors (Lipinski definition) is 1. The molecule has 76 valence electrons. The monoisotopic (exact) mass is 190 g/mol. The Morgan fingerprint density at radius 2 is 2.29 bits per heavy atom. The van der Waals surface area contributed by atoms with Crippen LogP contribution in [0.5, 0.6) is 0 Å². The molecule has 2 heteroatoms. The van der Waals surface area contributed by atoms with Crippen LogP contribution >= 0.6 is 0 Å². The average Bonchev–Trinajstić information content (AvgIpc) is 2.54. The summed E-state index contributed by atoms with van der Waals surface area (Å²) in [5.41, 5.74) is 10.0. The van der Waals surface area contributed by atoms with Crippen molar-refractivity contribution in [2.45, 2.75) is 26.4 Å². The van der Waals surface area contributed by atoms with Gasteiger partial charge in [0.15, 0.2) is 0 Å². The number of hydrogen-bond acceptors (Lipinski definition) is 2. The predicted molar refractivity (Wildman–Crippen MR) is 59.1 cm³/mol. The van der Waals surface area contributed by atoms with Gasteiger partial charge in [-0.3, -0.25) is 4.90 Å². The van der Waals surface area contributed by atoms with Crippen molar-refractivity contribution in [3.8, 4) is 0 Å². The van der Waals surface area contributed by atoms with Crippen molar-refractivity contribution in [3.05, 3.63) is 34.9 Å². The zero-order valence-electron chi connectivity index (χ0n) is 8.96. The Kier molecular flexibility index (Phi) is 2.57. The Balaban J connectivity index is 2.38. The normalized spacial score (nSPS) is 21.2. The number of aryl methyl sites for hydroxylation is 1. The molecule has 1 aliphatic rings. The molecule has 0 saturated heterocycles. The molecule has 2 N–H and O–H groups in total. The predicted octanol–water partition coefficient (Wildman–Crippen LogP) is 1.83. The van der Waals surface area contributed by atoms with Gasteiger partial charge in [0, 0.05) is 19.1 Å². The molecule has 0 fully saturated rings. The number of fused-ring (bicyclic) bond motifs is 1. The second-order valence-corrected chi connectivity index (χ2v) is 4.02.